The lowest BCUT2D eigenvalue weighted by Crippen LogP contribution is -2.33. The molecular weight excluding hydrogens is 667 g/mol. The van der Waals surface area contributed by atoms with Crippen LogP contribution in [-0.2, 0) is 0 Å². The molecular formula is C40H30Cl2N6O2. The first-order chi connectivity index (χ1) is 24.2. The summed E-state index contributed by atoms with van der Waals surface area (Å²) in [6.45, 7) is 3.76. The van der Waals surface area contributed by atoms with Gasteiger partial charge in [-0.25, -0.2) is 9.97 Å². The van der Waals surface area contributed by atoms with E-state index in [0.717, 1.165) is 38.8 Å². The average molecular weight is 698 g/mol. The maximum atomic E-state index is 13.0. The van der Waals surface area contributed by atoms with Gasteiger partial charge in [0.25, 0.3) is 11.8 Å². The van der Waals surface area contributed by atoms with Crippen molar-refractivity contribution in [2.24, 2.45) is 5.73 Å². The highest BCUT2D eigenvalue weighted by Gasteiger charge is 2.39. The van der Waals surface area contributed by atoms with Gasteiger partial charge >= 0.3 is 0 Å². The van der Waals surface area contributed by atoms with E-state index in [2.05, 4.69) is 9.97 Å². The van der Waals surface area contributed by atoms with Gasteiger partial charge in [0, 0.05) is 44.8 Å². The Kier molecular flexibility index (Phi) is 9.08. The molecule has 0 spiro atoms. The first-order valence-corrected chi connectivity index (χ1v) is 16.7. The number of pyridine rings is 4. The van der Waals surface area contributed by atoms with Gasteiger partial charge in [0.2, 0.25) is 0 Å². The molecule has 10 heteroatoms. The fraction of sp³-hybridized carbons (Fsp3) is 0.100. The summed E-state index contributed by atoms with van der Waals surface area (Å²) >= 11 is 12.7. The highest BCUT2D eigenvalue weighted by atomic mass is 35.5. The number of fused-ring (bicyclic) bond motifs is 3. The second kappa shape index (κ2) is 13.8. The summed E-state index contributed by atoms with van der Waals surface area (Å²) in [6, 6.07) is 32.6. The van der Waals surface area contributed by atoms with Crippen molar-refractivity contribution in [3.05, 3.63) is 154 Å². The quantitative estimate of drug-likeness (QED) is 0.178. The summed E-state index contributed by atoms with van der Waals surface area (Å²) in [5, 5.41) is 2.92. The zero-order valence-electron chi connectivity index (χ0n) is 27.1. The summed E-state index contributed by atoms with van der Waals surface area (Å²) < 4.78 is 0. The van der Waals surface area contributed by atoms with E-state index in [-0.39, 0.29) is 17.9 Å². The Balaban J connectivity index is 0.000000170. The van der Waals surface area contributed by atoms with Crippen molar-refractivity contribution >= 4 is 56.8 Å². The molecule has 5 heterocycles. The standard InChI is InChI=1S/C24H16ClN3O2.C16H14ClN3/c1-14(28-23(29)15-7-2-3-8-16(15)24(28)30)17-13-18-19(25)9-6-11-20(18)27-22(17)21-10-4-5-12-26-21;1-10(18)11-9-12-13(17)5-4-7-14(12)20-16(11)15-6-2-3-8-19-15/h2-14H,1H3;2-10H,18H2,1H3. The summed E-state index contributed by atoms with van der Waals surface area (Å²) in [6.07, 6.45) is 3.44. The minimum absolute atomic E-state index is 0.139. The molecule has 8 nitrogen and oxygen atoms in total. The number of hydrogen-bond acceptors (Lipinski definition) is 7. The fourth-order valence-corrected chi connectivity index (χ4v) is 6.58. The van der Waals surface area contributed by atoms with Crippen LogP contribution in [0, 0.1) is 0 Å². The molecule has 2 atom stereocenters. The number of imide groups is 1. The van der Waals surface area contributed by atoms with Gasteiger partial charge in [0.1, 0.15) is 0 Å². The molecule has 1 aliphatic rings. The molecule has 2 N–H and O–H groups in total. The Morgan fingerprint density at radius 2 is 1.06 bits per heavy atom. The minimum Gasteiger partial charge on any atom is -0.324 e. The van der Waals surface area contributed by atoms with Crippen molar-refractivity contribution in [2.75, 3.05) is 0 Å². The summed E-state index contributed by atoms with van der Waals surface area (Å²) in [5.41, 5.74) is 13.1. The number of aromatic nitrogens is 4. The Hall–Kier alpha value is -5.54. The van der Waals surface area contributed by atoms with Crippen molar-refractivity contribution in [2.45, 2.75) is 25.9 Å². The molecule has 7 aromatic rings. The minimum atomic E-state index is -0.553. The molecule has 3 aromatic carbocycles. The molecule has 4 aromatic heterocycles. The molecule has 0 saturated carbocycles. The average Bonchev–Trinajstić information content (AvgIpc) is 3.40. The van der Waals surface area contributed by atoms with E-state index in [1.54, 1.807) is 42.7 Å². The van der Waals surface area contributed by atoms with E-state index in [0.29, 0.717) is 38.1 Å². The topological polar surface area (TPSA) is 115 Å². The molecule has 2 amide bonds. The van der Waals surface area contributed by atoms with E-state index in [1.165, 1.54) is 4.90 Å². The van der Waals surface area contributed by atoms with E-state index in [4.69, 9.17) is 38.9 Å². The lowest BCUT2D eigenvalue weighted by molar-refractivity contribution is 0.0595. The van der Waals surface area contributed by atoms with Crippen LogP contribution in [-0.4, -0.2) is 36.7 Å². The highest BCUT2D eigenvalue weighted by Crippen LogP contribution is 2.37. The van der Waals surface area contributed by atoms with Gasteiger partial charge in [-0.3, -0.25) is 24.5 Å². The van der Waals surface area contributed by atoms with Crippen LogP contribution in [0.3, 0.4) is 0 Å². The maximum absolute atomic E-state index is 13.0. The largest absolute Gasteiger partial charge is 0.324 e. The van der Waals surface area contributed by atoms with Crippen LogP contribution < -0.4 is 5.73 Å². The van der Waals surface area contributed by atoms with Crippen molar-refractivity contribution in [1.82, 2.24) is 24.8 Å². The van der Waals surface area contributed by atoms with Gasteiger partial charge in [-0.2, -0.15) is 0 Å². The van der Waals surface area contributed by atoms with Gasteiger partial charge < -0.3 is 5.73 Å². The van der Waals surface area contributed by atoms with E-state index >= 15 is 0 Å². The Morgan fingerprint density at radius 1 is 0.600 bits per heavy atom. The molecule has 0 radical (unpaired) electrons. The SMILES string of the molecule is CC(N)c1cc2c(Cl)cccc2nc1-c1ccccn1.CC(c1cc2c(Cl)cccc2nc1-c1ccccn1)N1C(=O)c2ccccc2C1=O. The second-order valence-corrected chi connectivity index (χ2v) is 12.7. The number of halogens is 2. The molecule has 0 bridgehead atoms. The summed E-state index contributed by atoms with van der Waals surface area (Å²) in [5.74, 6) is -0.622. The zero-order chi connectivity index (χ0) is 34.9. The molecule has 8 rings (SSSR count). The first-order valence-electron chi connectivity index (χ1n) is 16.0. The number of amides is 2. The predicted molar refractivity (Wildman–Crippen MR) is 198 cm³/mol. The smallest absolute Gasteiger partial charge is 0.262 e. The van der Waals surface area contributed by atoms with E-state index in [1.807, 2.05) is 92.7 Å². The molecule has 0 aliphatic carbocycles. The lowest BCUT2D eigenvalue weighted by Gasteiger charge is -2.25. The molecule has 246 valence electrons. The molecule has 50 heavy (non-hydrogen) atoms. The van der Waals surface area contributed by atoms with Crippen molar-refractivity contribution in [3.63, 3.8) is 0 Å². The van der Waals surface area contributed by atoms with Crippen molar-refractivity contribution in [3.8, 4) is 22.8 Å². The number of hydrogen-bond donors (Lipinski definition) is 1. The number of nitrogens with two attached hydrogens (primary N) is 1. The number of benzene rings is 3. The van der Waals surface area contributed by atoms with Crippen LogP contribution in [0.25, 0.3) is 44.6 Å². The Bertz CT molecular complexity index is 2370. The van der Waals surface area contributed by atoms with Crippen LogP contribution in [0.5, 0.6) is 0 Å². The van der Waals surface area contributed by atoms with E-state index in [9.17, 15) is 9.59 Å². The normalized spacial score (nSPS) is 13.6. The van der Waals surface area contributed by atoms with Crippen LogP contribution >= 0.6 is 23.2 Å². The molecule has 1 aliphatic heterocycles. The molecule has 0 fully saturated rings. The van der Waals surface area contributed by atoms with Crippen molar-refractivity contribution < 1.29 is 9.59 Å². The molecule has 0 saturated heterocycles. The Labute approximate surface area is 298 Å². The van der Waals surface area contributed by atoms with Gasteiger partial charge in [0.05, 0.1) is 51.0 Å². The monoisotopic (exact) mass is 696 g/mol. The maximum Gasteiger partial charge on any atom is 0.262 e. The zero-order valence-corrected chi connectivity index (χ0v) is 28.6. The Morgan fingerprint density at radius 3 is 1.52 bits per heavy atom. The summed E-state index contributed by atoms with van der Waals surface area (Å²) in [7, 11) is 0. The predicted octanol–water partition coefficient (Wildman–Crippen LogP) is 9.28. The third-order valence-corrected chi connectivity index (χ3v) is 9.30. The molecule has 2 unspecified atom stereocenters. The number of carbonyl (C=O) groups excluding carboxylic acids is 2. The number of nitrogens with zero attached hydrogens (tertiary/aromatic N) is 5. The second-order valence-electron chi connectivity index (χ2n) is 11.9. The van der Waals surface area contributed by atoms with E-state index < -0.39 is 6.04 Å². The van der Waals surface area contributed by atoms with Crippen LogP contribution in [0.15, 0.2) is 122 Å². The third-order valence-electron chi connectivity index (χ3n) is 8.64. The first kappa shape index (κ1) is 33.0. The number of rotatable bonds is 5. The third kappa shape index (κ3) is 6.09. The number of carbonyl (C=O) groups is 2. The van der Waals surface area contributed by atoms with Gasteiger partial charge in [-0.05, 0) is 92.2 Å². The van der Waals surface area contributed by atoms with Crippen LogP contribution in [0.1, 0.15) is 57.8 Å². The van der Waals surface area contributed by atoms with Gasteiger partial charge in [-0.15, -0.1) is 0 Å². The van der Waals surface area contributed by atoms with Gasteiger partial charge in [0.15, 0.2) is 0 Å². The highest BCUT2D eigenvalue weighted by molar-refractivity contribution is 6.35. The lowest BCUT2D eigenvalue weighted by atomic mass is 10.00. The van der Waals surface area contributed by atoms with Gasteiger partial charge in [-0.1, -0.05) is 59.6 Å². The summed E-state index contributed by atoms with van der Waals surface area (Å²) in [4.78, 5) is 45.7. The van der Waals surface area contributed by atoms with Crippen LogP contribution in [0.4, 0.5) is 0 Å². The van der Waals surface area contributed by atoms with Crippen molar-refractivity contribution in [1.29, 1.82) is 0 Å². The van der Waals surface area contributed by atoms with Crippen LogP contribution in [0.2, 0.25) is 10.0 Å². The fourth-order valence-electron chi connectivity index (χ4n) is 6.13.